The quantitative estimate of drug-likeness (QED) is 0.336. The SMILES string of the molecule is COC(=O)c1ccc(N2C(=O)CC(N(CCC3=CCCCC3)C(=O)c3ccccc3C)C2=O)cc1. The largest absolute Gasteiger partial charge is 0.465 e. The van der Waals surface area contributed by atoms with Crippen molar-refractivity contribution < 1.29 is 23.9 Å². The molecule has 4 rings (SSSR count). The molecule has 1 saturated heterocycles. The predicted molar refractivity (Wildman–Crippen MR) is 132 cm³/mol. The number of imide groups is 1. The van der Waals surface area contributed by atoms with E-state index in [1.807, 2.05) is 19.1 Å². The van der Waals surface area contributed by atoms with Crippen LogP contribution >= 0.6 is 0 Å². The van der Waals surface area contributed by atoms with E-state index in [0.29, 0.717) is 29.8 Å². The van der Waals surface area contributed by atoms with Crippen molar-refractivity contribution >= 4 is 29.4 Å². The molecular formula is C28H30N2O5. The van der Waals surface area contributed by atoms with Gasteiger partial charge in [0.1, 0.15) is 6.04 Å². The van der Waals surface area contributed by atoms with Crippen molar-refractivity contribution in [2.24, 2.45) is 0 Å². The first-order chi connectivity index (χ1) is 16.9. The van der Waals surface area contributed by atoms with Gasteiger partial charge in [0.25, 0.3) is 11.8 Å². The monoisotopic (exact) mass is 474 g/mol. The number of rotatable bonds is 7. The van der Waals surface area contributed by atoms with Crippen molar-refractivity contribution in [1.29, 1.82) is 0 Å². The van der Waals surface area contributed by atoms with E-state index in [2.05, 4.69) is 6.08 Å². The first-order valence-corrected chi connectivity index (χ1v) is 12.0. The van der Waals surface area contributed by atoms with Crippen molar-refractivity contribution in [3.8, 4) is 0 Å². The van der Waals surface area contributed by atoms with Crippen LogP contribution in [0, 0.1) is 6.92 Å². The molecule has 0 N–H and O–H groups in total. The van der Waals surface area contributed by atoms with E-state index in [1.165, 1.54) is 31.2 Å². The van der Waals surface area contributed by atoms with Crippen LogP contribution in [0.25, 0.3) is 0 Å². The maximum absolute atomic E-state index is 13.6. The summed E-state index contributed by atoms with van der Waals surface area (Å²) in [6.45, 7) is 2.24. The van der Waals surface area contributed by atoms with Gasteiger partial charge in [-0.1, -0.05) is 29.8 Å². The number of anilines is 1. The molecule has 2 aromatic carbocycles. The Morgan fingerprint density at radius 1 is 1.06 bits per heavy atom. The van der Waals surface area contributed by atoms with Crippen LogP contribution in [0.3, 0.4) is 0 Å². The van der Waals surface area contributed by atoms with Crippen molar-refractivity contribution in [2.75, 3.05) is 18.6 Å². The Kier molecular flexibility index (Phi) is 7.44. The molecule has 0 bridgehead atoms. The lowest BCUT2D eigenvalue weighted by Gasteiger charge is -2.29. The predicted octanol–water partition coefficient (Wildman–Crippen LogP) is 4.45. The number of methoxy groups -OCH3 is 1. The number of hydrogen-bond donors (Lipinski definition) is 0. The third-order valence-electron chi connectivity index (χ3n) is 6.74. The van der Waals surface area contributed by atoms with Crippen LogP contribution in [0.5, 0.6) is 0 Å². The molecule has 7 heteroatoms. The van der Waals surface area contributed by atoms with Gasteiger partial charge in [-0.3, -0.25) is 14.4 Å². The smallest absolute Gasteiger partial charge is 0.337 e. The normalized spacial score (nSPS) is 17.8. The highest BCUT2D eigenvalue weighted by molar-refractivity contribution is 6.23. The molecule has 35 heavy (non-hydrogen) atoms. The van der Waals surface area contributed by atoms with Crippen molar-refractivity contribution in [2.45, 2.75) is 51.5 Å². The van der Waals surface area contributed by atoms with Gasteiger partial charge in [0.2, 0.25) is 5.91 Å². The summed E-state index contributed by atoms with van der Waals surface area (Å²) >= 11 is 0. The van der Waals surface area contributed by atoms with Crippen LogP contribution in [0.15, 0.2) is 60.2 Å². The molecule has 1 aliphatic carbocycles. The Morgan fingerprint density at radius 2 is 1.80 bits per heavy atom. The molecule has 0 saturated carbocycles. The summed E-state index contributed by atoms with van der Waals surface area (Å²) in [5, 5.41) is 0. The molecule has 0 spiro atoms. The van der Waals surface area contributed by atoms with Crippen molar-refractivity contribution in [3.63, 3.8) is 0 Å². The summed E-state index contributed by atoms with van der Waals surface area (Å²) in [4.78, 5) is 54.5. The van der Waals surface area contributed by atoms with E-state index in [1.54, 1.807) is 29.2 Å². The number of allylic oxidation sites excluding steroid dienone is 1. The zero-order chi connectivity index (χ0) is 24.9. The van der Waals surface area contributed by atoms with Gasteiger partial charge in [0.15, 0.2) is 0 Å². The van der Waals surface area contributed by atoms with Crippen LogP contribution in [0.2, 0.25) is 0 Å². The molecule has 0 radical (unpaired) electrons. The maximum atomic E-state index is 13.6. The summed E-state index contributed by atoms with van der Waals surface area (Å²) in [5.41, 5.74) is 3.35. The van der Waals surface area contributed by atoms with Gasteiger partial charge in [-0.2, -0.15) is 0 Å². The van der Waals surface area contributed by atoms with Gasteiger partial charge in [-0.25, -0.2) is 9.69 Å². The van der Waals surface area contributed by atoms with Gasteiger partial charge < -0.3 is 9.64 Å². The summed E-state index contributed by atoms with van der Waals surface area (Å²) in [5.74, 6) is -1.54. The second kappa shape index (κ2) is 10.7. The van der Waals surface area contributed by atoms with Crippen LogP contribution < -0.4 is 4.90 Å². The van der Waals surface area contributed by atoms with Crippen LogP contribution in [-0.2, 0) is 14.3 Å². The molecule has 1 heterocycles. The highest BCUT2D eigenvalue weighted by Crippen LogP contribution is 2.29. The second-order valence-electron chi connectivity index (χ2n) is 9.00. The van der Waals surface area contributed by atoms with Gasteiger partial charge in [-0.15, -0.1) is 0 Å². The molecule has 182 valence electrons. The fourth-order valence-corrected chi connectivity index (χ4v) is 4.76. The molecule has 2 aliphatic rings. The van der Waals surface area contributed by atoms with Gasteiger partial charge in [-0.05, 0) is 74.9 Å². The highest BCUT2D eigenvalue weighted by atomic mass is 16.5. The zero-order valence-corrected chi connectivity index (χ0v) is 20.2. The second-order valence-corrected chi connectivity index (χ2v) is 9.00. The number of benzene rings is 2. The van der Waals surface area contributed by atoms with Gasteiger partial charge >= 0.3 is 5.97 Å². The van der Waals surface area contributed by atoms with E-state index in [0.717, 1.165) is 29.7 Å². The first-order valence-electron chi connectivity index (χ1n) is 12.0. The molecule has 1 fully saturated rings. The number of hydrogen-bond acceptors (Lipinski definition) is 5. The number of amides is 3. The van der Waals surface area contributed by atoms with Crippen LogP contribution in [0.1, 0.15) is 64.8 Å². The van der Waals surface area contributed by atoms with Crippen LogP contribution in [-0.4, -0.2) is 48.3 Å². The first kappa shape index (κ1) is 24.4. The third kappa shape index (κ3) is 5.19. The maximum Gasteiger partial charge on any atom is 0.337 e. The van der Waals surface area contributed by atoms with Crippen molar-refractivity contribution in [1.82, 2.24) is 4.90 Å². The van der Waals surface area contributed by atoms with Crippen LogP contribution in [0.4, 0.5) is 5.69 Å². The standard InChI is InChI=1S/C28H30N2O5/c1-19-8-6-7-11-23(19)26(32)29(17-16-20-9-4-3-5-10-20)24-18-25(31)30(27(24)33)22-14-12-21(13-15-22)28(34)35-2/h6-9,11-15,24H,3-5,10,16-18H2,1-2H3. The Morgan fingerprint density at radius 3 is 2.46 bits per heavy atom. The van der Waals surface area contributed by atoms with Crippen molar-refractivity contribution in [3.05, 3.63) is 76.9 Å². The molecule has 1 unspecified atom stereocenters. The Hall–Kier alpha value is -3.74. The molecule has 1 aliphatic heterocycles. The number of aryl methyl sites for hydroxylation is 1. The molecule has 3 amide bonds. The lowest BCUT2D eigenvalue weighted by Crippen LogP contribution is -2.46. The number of carbonyl (C=O) groups is 4. The zero-order valence-electron chi connectivity index (χ0n) is 20.2. The van der Waals surface area contributed by atoms with E-state index >= 15 is 0 Å². The fourth-order valence-electron chi connectivity index (χ4n) is 4.76. The summed E-state index contributed by atoms with van der Waals surface area (Å²) in [7, 11) is 1.29. The topological polar surface area (TPSA) is 84.0 Å². The Balaban J connectivity index is 1.61. The molecule has 1 atom stereocenters. The summed E-state index contributed by atoms with van der Waals surface area (Å²) < 4.78 is 4.71. The summed E-state index contributed by atoms with van der Waals surface area (Å²) in [6, 6.07) is 12.5. The molecule has 0 aromatic heterocycles. The Bertz CT molecular complexity index is 1170. The van der Waals surface area contributed by atoms with E-state index in [9.17, 15) is 19.2 Å². The minimum Gasteiger partial charge on any atom is -0.465 e. The number of carbonyl (C=O) groups excluding carboxylic acids is 4. The number of nitrogens with zero attached hydrogens (tertiary/aromatic N) is 2. The Labute approximate surface area is 205 Å². The summed E-state index contributed by atoms with van der Waals surface area (Å²) in [6.07, 6.45) is 7.19. The number of esters is 1. The lowest BCUT2D eigenvalue weighted by molar-refractivity contribution is -0.122. The number of ether oxygens (including phenoxy) is 1. The minimum atomic E-state index is -0.876. The van der Waals surface area contributed by atoms with E-state index in [-0.39, 0.29) is 18.2 Å². The molecule has 2 aromatic rings. The fraction of sp³-hybridized carbons (Fsp3) is 0.357. The van der Waals surface area contributed by atoms with E-state index < -0.39 is 17.9 Å². The molecular weight excluding hydrogens is 444 g/mol. The lowest BCUT2D eigenvalue weighted by atomic mass is 9.96. The van der Waals surface area contributed by atoms with E-state index in [4.69, 9.17) is 4.74 Å². The van der Waals surface area contributed by atoms with Gasteiger partial charge in [0, 0.05) is 12.1 Å². The minimum absolute atomic E-state index is 0.0751. The third-order valence-corrected chi connectivity index (χ3v) is 6.74. The average molecular weight is 475 g/mol. The highest BCUT2D eigenvalue weighted by Gasteiger charge is 2.44. The molecule has 7 nitrogen and oxygen atoms in total. The van der Waals surface area contributed by atoms with Gasteiger partial charge in [0.05, 0.1) is 24.8 Å². The average Bonchev–Trinajstić information content (AvgIpc) is 3.18.